The highest BCUT2D eigenvalue weighted by molar-refractivity contribution is 5.74. The number of hydrogen-bond donors (Lipinski definition) is 26. The summed E-state index contributed by atoms with van der Waals surface area (Å²) in [6, 6.07) is -7.14. The molecule has 0 bridgehead atoms. The molecule has 0 spiro atoms. The molecular formula is C56H94N4O41. The zero-order valence-corrected chi connectivity index (χ0v) is 54.3. The van der Waals surface area contributed by atoms with Crippen LogP contribution < -0.4 is 21.3 Å². The number of amides is 4. The molecule has 45 nitrogen and oxygen atoms in total. The Kier molecular flexibility index (Phi) is 29.9. The van der Waals surface area contributed by atoms with E-state index in [1.54, 1.807) is 0 Å². The minimum Gasteiger partial charge on any atom is -0.394 e. The Labute approximate surface area is 572 Å². The van der Waals surface area contributed by atoms with E-state index >= 15 is 0 Å². The van der Waals surface area contributed by atoms with Crippen molar-refractivity contribution in [3.05, 3.63) is 0 Å². The zero-order valence-electron chi connectivity index (χ0n) is 54.3. The average molecular weight is 1480 g/mol. The molecule has 8 aliphatic rings. The summed E-state index contributed by atoms with van der Waals surface area (Å²) >= 11 is 0. The van der Waals surface area contributed by atoms with E-state index < -0.39 is 322 Å². The second-order valence-corrected chi connectivity index (χ2v) is 25.4. The molecule has 8 fully saturated rings. The van der Waals surface area contributed by atoms with Crippen molar-refractivity contribution in [1.82, 2.24) is 21.3 Å². The van der Waals surface area contributed by atoms with Crippen molar-refractivity contribution in [2.45, 2.75) is 273 Å². The lowest BCUT2D eigenvalue weighted by Gasteiger charge is -2.51. The van der Waals surface area contributed by atoms with E-state index in [9.17, 15) is 132 Å². The number of hydrogen-bond acceptors (Lipinski definition) is 41. The van der Waals surface area contributed by atoms with Gasteiger partial charge in [0, 0.05) is 27.7 Å². The number of aliphatic hydroxyl groups is 22. The number of ether oxygens (including phenoxy) is 15. The van der Waals surface area contributed by atoms with Gasteiger partial charge >= 0.3 is 0 Å². The molecular weight excluding hydrogens is 1380 g/mol. The second kappa shape index (κ2) is 36.3. The third-order valence-electron chi connectivity index (χ3n) is 18.3. The molecule has 0 saturated carbocycles. The van der Waals surface area contributed by atoms with Gasteiger partial charge in [0.15, 0.2) is 50.3 Å². The van der Waals surface area contributed by atoms with E-state index in [-0.39, 0.29) is 0 Å². The van der Waals surface area contributed by atoms with Crippen LogP contribution in [0.25, 0.3) is 0 Å². The van der Waals surface area contributed by atoms with Crippen LogP contribution in [0.15, 0.2) is 0 Å². The first-order chi connectivity index (χ1) is 47.8. The fourth-order valence-electron chi connectivity index (χ4n) is 13.0. The molecule has 0 aromatic carbocycles. The van der Waals surface area contributed by atoms with Crippen LogP contribution in [0.3, 0.4) is 0 Å². The van der Waals surface area contributed by atoms with Gasteiger partial charge in [-0.3, -0.25) is 19.2 Å². The molecule has 0 unspecified atom stereocenters. The molecule has 0 aromatic heterocycles. The van der Waals surface area contributed by atoms with Crippen LogP contribution in [-0.2, 0) is 90.2 Å². The van der Waals surface area contributed by atoms with E-state index in [4.69, 9.17) is 71.1 Å². The van der Waals surface area contributed by atoms with Gasteiger partial charge in [-0.05, 0) is 0 Å². The first kappa shape index (κ1) is 83.0. The van der Waals surface area contributed by atoms with E-state index in [0.717, 1.165) is 27.7 Å². The van der Waals surface area contributed by atoms with E-state index in [2.05, 4.69) is 21.3 Å². The third-order valence-corrected chi connectivity index (χ3v) is 18.3. The predicted molar refractivity (Wildman–Crippen MR) is 311 cm³/mol. The highest BCUT2D eigenvalue weighted by Gasteiger charge is 2.60. The van der Waals surface area contributed by atoms with Crippen LogP contribution in [0.4, 0.5) is 0 Å². The van der Waals surface area contributed by atoms with Crippen molar-refractivity contribution in [1.29, 1.82) is 0 Å². The smallest absolute Gasteiger partial charge is 0.217 e. The first-order valence-corrected chi connectivity index (χ1v) is 32.1. The van der Waals surface area contributed by atoms with Crippen molar-refractivity contribution >= 4 is 23.6 Å². The quantitative estimate of drug-likeness (QED) is 0.0382. The standard InChI is InChI=1S/C56H94N4O41/c1-13(68)57-25-35(78)43(21(9-65)88-49(25)86)96-51-27(59-15(3)70)36(79)45(23(11-67)93-51)98-54-42(85)46(33(76)24(95-54)12-87-55-47(39(82)31(74)19(7-63)91-55)100-50-26(58-14(2)69)34(77)29(72)17(5-61)89-50)99-56-48(40(83)32(75)20(8-64)92-56)101-52-28(60-16(4)71)37(80)44(22(10-66)94-52)97-53-41(84)38(81)30(73)18(6-62)90-53/h17-56,61-67,72-86H,5-12H2,1-4H3,(H,57,68)(H,58,69)(H,59,70)(H,60,71)/t17-,18-,19-,20-,21-,22-,23-,24-,25-,26-,27-,28-,29-,30-,31-,32-,33-,34-,35-,36-,37-,38+,39+,40+,41+,42+,43-,44-,45-,46+,47+,48+,49-,50+,51+,52+,53-,54+,55+,56-/m1/s1. The molecule has 4 amide bonds. The van der Waals surface area contributed by atoms with Crippen LogP contribution in [0.5, 0.6) is 0 Å². The lowest BCUT2D eigenvalue weighted by Crippen LogP contribution is -2.71. The number of nitrogens with one attached hydrogen (secondary N) is 4. The Hall–Kier alpha value is -3.60. The molecule has 45 heteroatoms. The maximum atomic E-state index is 12.9. The molecule has 8 heterocycles. The molecule has 0 aromatic rings. The summed E-state index contributed by atoms with van der Waals surface area (Å²) in [4.78, 5) is 50.2. The van der Waals surface area contributed by atoms with Gasteiger partial charge in [0.2, 0.25) is 23.6 Å². The summed E-state index contributed by atoms with van der Waals surface area (Å²) in [5, 5.41) is 252. The van der Waals surface area contributed by atoms with Gasteiger partial charge in [-0.15, -0.1) is 0 Å². The number of carbonyl (C=O) groups is 4. The van der Waals surface area contributed by atoms with Crippen LogP contribution in [0.1, 0.15) is 27.7 Å². The molecule has 0 aliphatic carbocycles. The molecule has 40 atom stereocenters. The van der Waals surface area contributed by atoms with Gasteiger partial charge in [-0.1, -0.05) is 0 Å². The Morgan fingerprint density at radius 3 is 0.970 bits per heavy atom. The SMILES string of the molecule is CC(=O)N[C@@H]1[C@@H](O)[C@H](O[C@@H]2O[C@H](CO)[C@@H](O[C@@H]3O[C@H](CO[C@H]4O[C@H](CO)[C@@H](O)[C@H](O)[C@@H]4O[C@@H]4O[C@H](CO)[C@@H](O)[C@H](O)[C@H]4NC(C)=O)[C@@H](O)[C@H](O[C@H]4O[C@H](CO)[C@@H](O)[C@H](O)[C@@H]4O[C@@H]4O[C@H](CO)[C@@H](O[C@H]5O[C@H](CO)[C@@H](O)[C@H](O)[C@@H]5O)[C@H](O)[C@H]4NC(C)=O)[C@@H]3O)[C@H](O)[C@H]2NC(C)=O)[C@@H](CO)O[C@H]1O. The normalized spacial score (nSPS) is 48.3. The molecule has 8 saturated heterocycles. The maximum Gasteiger partial charge on any atom is 0.217 e. The summed E-state index contributed by atoms with van der Waals surface area (Å²) < 4.78 is 88.6. The van der Waals surface area contributed by atoms with E-state index in [1.807, 2.05) is 0 Å². The average Bonchev–Trinajstić information content (AvgIpc) is 0.777. The van der Waals surface area contributed by atoms with Crippen molar-refractivity contribution in [3.8, 4) is 0 Å². The summed E-state index contributed by atoms with van der Waals surface area (Å²) in [5.74, 6) is -3.45. The van der Waals surface area contributed by atoms with Crippen molar-refractivity contribution in [3.63, 3.8) is 0 Å². The van der Waals surface area contributed by atoms with Gasteiger partial charge in [-0.25, -0.2) is 0 Å². The minimum absolute atomic E-state index is 0.770. The monoisotopic (exact) mass is 1480 g/mol. The van der Waals surface area contributed by atoms with Crippen LogP contribution in [0, 0.1) is 0 Å². The van der Waals surface area contributed by atoms with Crippen molar-refractivity contribution < 1.29 is 203 Å². The summed E-state index contributed by atoms with van der Waals surface area (Å²) in [6.07, 6.45) is -73.5. The lowest BCUT2D eigenvalue weighted by molar-refractivity contribution is -0.398. The van der Waals surface area contributed by atoms with E-state index in [1.165, 1.54) is 0 Å². The summed E-state index contributed by atoms with van der Waals surface area (Å²) in [6.45, 7) is -4.55. The third kappa shape index (κ3) is 18.5. The number of carbonyl (C=O) groups excluding carboxylic acids is 4. The van der Waals surface area contributed by atoms with Gasteiger partial charge in [0.1, 0.15) is 195 Å². The molecule has 584 valence electrons. The van der Waals surface area contributed by atoms with Gasteiger partial charge < -0.3 is 205 Å². The predicted octanol–water partition coefficient (Wildman–Crippen LogP) is -17.9. The molecule has 0 radical (unpaired) electrons. The van der Waals surface area contributed by atoms with Crippen LogP contribution >= 0.6 is 0 Å². The molecule has 8 rings (SSSR count). The van der Waals surface area contributed by atoms with E-state index in [0.29, 0.717) is 0 Å². The Morgan fingerprint density at radius 2 is 0.545 bits per heavy atom. The summed E-state index contributed by atoms with van der Waals surface area (Å²) in [5.41, 5.74) is 0. The summed E-state index contributed by atoms with van der Waals surface area (Å²) in [7, 11) is 0. The van der Waals surface area contributed by atoms with Crippen molar-refractivity contribution in [2.75, 3.05) is 52.9 Å². The molecule has 26 N–H and O–H groups in total. The Balaban J connectivity index is 1.14. The zero-order chi connectivity index (χ0) is 74.5. The largest absolute Gasteiger partial charge is 0.394 e. The first-order valence-electron chi connectivity index (χ1n) is 32.1. The van der Waals surface area contributed by atoms with Gasteiger partial charge in [-0.2, -0.15) is 0 Å². The van der Waals surface area contributed by atoms with Gasteiger partial charge in [0.05, 0.1) is 52.9 Å². The minimum atomic E-state index is -2.52. The van der Waals surface area contributed by atoms with Crippen LogP contribution in [-0.4, -0.2) is 434 Å². The fraction of sp³-hybridized carbons (Fsp3) is 0.929. The maximum absolute atomic E-state index is 12.9. The fourth-order valence-corrected chi connectivity index (χ4v) is 13.0. The highest BCUT2D eigenvalue weighted by Crippen LogP contribution is 2.39. The van der Waals surface area contributed by atoms with Crippen LogP contribution in [0.2, 0.25) is 0 Å². The van der Waals surface area contributed by atoms with Gasteiger partial charge in [0.25, 0.3) is 0 Å². The Bertz CT molecular complexity index is 2640. The topological polar surface area (TPSA) is 700 Å². The molecule has 8 aliphatic heterocycles. The highest BCUT2D eigenvalue weighted by atomic mass is 16.8. The lowest BCUT2D eigenvalue weighted by atomic mass is 9.93. The molecule has 101 heavy (non-hydrogen) atoms. The van der Waals surface area contributed by atoms with Crippen molar-refractivity contribution in [2.24, 2.45) is 0 Å². The second-order valence-electron chi connectivity index (χ2n) is 25.4. The number of rotatable bonds is 26. The number of aliphatic hydroxyl groups excluding tert-OH is 22. The Morgan fingerprint density at radius 1 is 0.257 bits per heavy atom.